The van der Waals surface area contributed by atoms with Gasteiger partial charge in [-0.05, 0) is 29.8 Å². The Morgan fingerprint density at radius 1 is 0.625 bits per heavy atom. The van der Waals surface area contributed by atoms with Gasteiger partial charge in [-0.1, -0.05) is 23.7 Å². The van der Waals surface area contributed by atoms with Crippen molar-refractivity contribution in [1.82, 2.24) is 0 Å². The maximum absolute atomic E-state index is 14.4. The van der Waals surface area contributed by atoms with Gasteiger partial charge in [0.25, 0.3) is 0 Å². The first-order valence-electron chi connectivity index (χ1n) is 8.34. The van der Waals surface area contributed by atoms with Crippen LogP contribution in [0.1, 0.15) is 5.56 Å². The Morgan fingerprint density at radius 3 is 1.59 bits per heavy atom. The summed E-state index contributed by atoms with van der Waals surface area (Å²) in [6.07, 6.45) is -9.65. The van der Waals surface area contributed by atoms with Crippen molar-refractivity contribution in [3.8, 4) is 22.6 Å². The summed E-state index contributed by atoms with van der Waals surface area (Å²) in [4.78, 5) is 0. The molecule has 170 valence electrons. The highest BCUT2D eigenvalue weighted by Gasteiger charge is 2.41. The molecule has 12 heteroatoms. The van der Waals surface area contributed by atoms with Gasteiger partial charge < -0.3 is 9.47 Å². The van der Waals surface area contributed by atoms with E-state index in [1.807, 2.05) is 0 Å². The summed E-state index contributed by atoms with van der Waals surface area (Å²) in [5.74, 6) is -8.14. The van der Waals surface area contributed by atoms with E-state index >= 15 is 0 Å². The number of alkyl halides is 5. The van der Waals surface area contributed by atoms with Gasteiger partial charge in [0.15, 0.2) is 0 Å². The van der Waals surface area contributed by atoms with E-state index in [2.05, 4.69) is 9.47 Å². The Labute approximate surface area is 178 Å². The van der Waals surface area contributed by atoms with Crippen molar-refractivity contribution in [3.63, 3.8) is 0 Å². The molecule has 0 unspecified atom stereocenters. The zero-order valence-electron chi connectivity index (χ0n) is 15.2. The summed E-state index contributed by atoms with van der Waals surface area (Å²) in [5.41, 5.74) is -2.85. The van der Waals surface area contributed by atoms with Gasteiger partial charge in [-0.3, -0.25) is 0 Å². The topological polar surface area (TPSA) is 18.5 Å². The van der Waals surface area contributed by atoms with Crippen LogP contribution >= 0.6 is 11.6 Å². The molecule has 3 aromatic carbocycles. The van der Waals surface area contributed by atoms with Gasteiger partial charge in [0.1, 0.15) is 40.3 Å². The maximum atomic E-state index is 14.4. The van der Waals surface area contributed by atoms with Gasteiger partial charge in [0.05, 0.1) is 5.56 Å². The Hall–Kier alpha value is -3.08. The molecule has 0 spiro atoms. The zero-order chi connectivity index (χ0) is 23.8. The van der Waals surface area contributed by atoms with E-state index in [9.17, 15) is 39.5 Å². The minimum Gasteiger partial charge on any atom is -0.429 e. The fourth-order valence-electron chi connectivity index (χ4n) is 2.73. The van der Waals surface area contributed by atoms with Crippen LogP contribution in [0.4, 0.5) is 39.5 Å². The second kappa shape index (κ2) is 8.45. The average Bonchev–Trinajstić information content (AvgIpc) is 2.59. The number of hydrogen-bond acceptors (Lipinski definition) is 2. The largest absolute Gasteiger partial charge is 0.573 e. The lowest BCUT2D eigenvalue weighted by Gasteiger charge is -2.20. The minimum atomic E-state index is -4.98. The van der Waals surface area contributed by atoms with E-state index in [-0.39, 0.29) is 5.56 Å². The smallest absolute Gasteiger partial charge is 0.429 e. The summed E-state index contributed by atoms with van der Waals surface area (Å²) >= 11 is 5.36. The molecule has 0 heterocycles. The fourth-order valence-corrected chi connectivity index (χ4v) is 2.92. The highest BCUT2D eigenvalue weighted by Crippen LogP contribution is 2.38. The molecule has 0 aliphatic rings. The molecule has 0 radical (unpaired) electrons. The number of ether oxygens (including phenoxy) is 2. The van der Waals surface area contributed by atoms with Crippen LogP contribution in [0, 0.1) is 23.3 Å². The molecular formula is C20H8ClF9O2. The number of halogens is 10. The predicted molar refractivity (Wildman–Crippen MR) is 94.4 cm³/mol. The van der Waals surface area contributed by atoms with Crippen molar-refractivity contribution in [3.05, 3.63) is 82.4 Å². The Morgan fingerprint density at radius 2 is 1.12 bits per heavy atom. The minimum absolute atomic E-state index is 0.248. The maximum Gasteiger partial charge on any atom is 0.573 e. The number of rotatable bonds is 5. The van der Waals surface area contributed by atoms with E-state index in [4.69, 9.17) is 11.6 Å². The van der Waals surface area contributed by atoms with Gasteiger partial charge in [-0.25, -0.2) is 17.6 Å². The molecule has 0 aliphatic heterocycles. The molecule has 3 rings (SSSR count). The van der Waals surface area contributed by atoms with Gasteiger partial charge in [0.2, 0.25) is 0 Å². The summed E-state index contributed by atoms with van der Waals surface area (Å²) in [7, 11) is 0. The average molecular weight is 487 g/mol. The Bertz CT molecular complexity index is 1100. The lowest BCUT2D eigenvalue weighted by atomic mass is 10.0. The molecule has 0 aromatic heterocycles. The predicted octanol–water partition coefficient (Wildman–Crippen LogP) is 7.59. The molecule has 32 heavy (non-hydrogen) atoms. The van der Waals surface area contributed by atoms with Crippen LogP contribution in [0.5, 0.6) is 11.5 Å². The molecule has 0 fully saturated rings. The second-order valence-electron chi connectivity index (χ2n) is 6.20. The van der Waals surface area contributed by atoms with Crippen LogP contribution in [0.2, 0.25) is 5.02 Å². The molecule has 0 amide bonds. The Balaban J connectivity index is 1.91. The first-order chi connectivity index (χ1) is 14.8. The van der Waals surface area contributed by atoms with Gasteiger partial charge in [0, 0.05) is 17.2 Å². The van der Waals surface area contributed by atoms with Crippen LogP contribution in [-0.4, -0.2) is 6.36 Å². The van der Waals surface area contributed by atoms with E-state index in [1.54, 1.807) is 0 Å². The van der Waals surface area contributed by atoms with E-state index in [0.717, 1.165) is 24.3 Å². The number of hydrogen-bond donors (Lipinski definition) is 0. The van der Waals surface area contributed by atoms with Crippen LogP contribution in [-0.2, 0) is 6.11 Å². The normalized spacial score (nSPS) is 12.1. The van der Waals surface area contributed by atoms with Crippen LogP contribution in [0.15, 0.2) is 48.5 Å². The third-order valence-corrected chi connectivity index (χ3v) is 4.15. The van der Waals surface area contributed by atoms with Crippen LogP contribution < -0.4 is 9.47 Å². The molecule has 3 aromatic rings. The van der Waals surface area contributed by atoms with Gasteiger partial charge >= 0.3 is 12.5 Å². The highest BCUT2D eigenvalue weighted by atomic mass is 35.5. The lowest BCUT2D eigenvalue weighted by molar-refractivity contribution is -0.274. The summed E-state index contributed by atoms with van der Waals surface area (Å²) in [5, 5.41) is -0.507. The van der Waals surface area contributed by atoms with Crippen LogP contribution in [0.25, 0.3) is 11.1 Å². The Kier molecular flexibility index (Phi) is 6.23. The quantitative estimate of drug-likeness (QED) is 0.346. The van der Waals surface area contributed by atoms with Crippen molar-refractivity contribution in [2.75, 3.05) is 0 Å². The van der Waals surface area contributed by atoms with Gasteiger partial charge in [-0.15, -0.1) is 13.2 Å². The first-order valence-corrected chi connectivity index (χ1v) is 8.72. The molecule has 0 saturated heterocycles. The first kappa shape index (κ1) is 23.6. The molecule has 0 bridgehead atoms. The highest BCUT2D eigenvalue weighted by molar-refractivity contribution is 6.30. The second-order valence-corrected chi connectivity index (χ2v) is 6.63. The SMILES string of the molecule is Fc1cc(OC(F)(F)c2c(F)cc(Cl)cc2F)cc(F)c1-c1ccc(OC(F)(F)F)cc1. The number of benzene rings is 3. The standard InChI is InChI=1S/C20H8ClF9O2/c21-10-5-15(24)18(16(25)6-10)19(26,27)31-12-7-13(22)17(14(23)8-12)9-1-3-11(4-2-9)32-20(28,29)30/h1-8H. The van der Waals surface area contributed by atoms with Crippen molar-refractivity contribution in [2.45, 2.75) is 12.5 Å². The summed E-state index contributed by atoms with van der Waals surface area (Å²) < 4.78 is 129. The van der Waals surface area contributed by atoms with E-state index in [1.165, 1.54) is 0 Å². The molecule has 0 aliphatic carbocycles. The van der Waals surface area contributed by atoms with Crippen molar-refractivity contribution < 1.29 is 49.0 Å². The third-order valence-electron chi connectivity index (χ3n) is 3.94. The van der Waals surface area contributed by atoms with Gasteiger partial charge in [-0.2, -0.15) is 8.78 Å². The monoisotopic (exact) mass is 486 g/mol. The van der Waals surface area contributed by atoms with Crippen LogP contribution in [0.3, 0.4) is 0 Å². The molecule has 2 nitrogen and oxygen atoms in total. The molecule has 0 N–H and O–H groups in total. The molecule has 0 saturated carbocycles. The molecule has 0 atom stereocenters. The third kappa shape index (κ3) is 5.21. The van der Waals surface area contributed by atoms with Crippen molar-refractivity contribution in [2.24, 2.45) is 0 Å². The molecular weight excluding hydrogens is 479 g/mol. The zero-order valence-corrected chi connectivity index (χ0v) is 16.0. The van der Waals surface area contributed by atoms with Crippen molar-refractivity contribution in [1.29, 1.82) is 0 Å². The fraction of sp³-hybridized carbons (Fsp3) is 0.100. The van der Waals surface area contributed by atoms with E-state index in [0.29, 0.717) is 24.3 Å². The van der Waals surface area contributed by atoms with Crippen molar-refractivity contribution >= 4 is 11.6 Å². The van der Waals surface area contributed by atoms with E-state index < -0.39 is 63.4 Å². The summed E-state index contributed by atoms with van der Waals surface area (Å²) in [6.45, 7) is 0. The summed E-state index contributed by atoms with van der Waals surface area (Å²) in [6, 6.07) is 4.79. The lowest BCUT2D eigenvalue weighted by Crippen LogP contribution is -2.25.